The highest BCUT2D eigenvalue weighted by atomic mass is 32.2. The maximum absolute atomic E-state index is 11.3. The Morgan fingerprint density at radius 1 is 1.05 bits per heavy atom. The molecule has 0 spiro atoms. The zero-order chi connectivity index (χ0) is 15.1. The molecular formula is C15H16N2O3S. The quantitative estimate of drug-likeness (QED) is 0.556. The van der Waals surface area contributed by atoms with Crippen LogP contribution in [-0.4, -0.2) is 11.2 Å². The van der Waals surface area contributed by atoms with Gasteiger partial charge < -0.3 is 5.32 Å². The Balaban J connectivity index is 1.97. The Morgan fingerprint density at radius 2 is 1.57 bits per heavy atom. The van der Waals surface area contributed by atoms with Gasteiger partial charge in [-0.1, -0.05) is 18.7 Å². The van der Waals surface area contributed by atoms with E-state index in [1.807, 2.05) is 43.3 Å². The lowest BCUT2D eigenvalue weighted by Gasteiger charge is -2.06. The summed E-state index contributed by atoms with van der Waals surface area (Å²) >= 11 is 1.60. The number of amides is 1. The summed E-state index contributed by atoms with van der Waals surface area (Å²) in [4.78, 5) is 17.3. The second-order valence-corrected chi connectivity index (χ2v) is 5.39. The molecule has 2 aromatic rings. The van der Waals surface area contributed by atoms with E-state index in [0.717, 1.165) is 15.5 Å². The van der Waals surface area contributed by atoms with Crippen molar-refractivity contribution >= 4 is 29.0 Å². The van der Waals surface area contributed by atoms with Gasteiger partial charge in [0.25, 0.3) is 0 Å². The SMILES string of the molecule is CCC(=O)Nc1ccc(Sc2ccc(NOO)cc2)cc1. The zero-order valence-electron chi connectivity index (χ0n) is 11.5. The van der Waals surface area contributed by atoms with Crippen LogP contribution in [-0.2, 0) is 9.78 Å². The van der Waals surface area contributed by atoms with Crippen molar-refractivity contribution in [3.63, 3.8) is 0 Å². The molecule has 110 valence electrons. The number of carbonyl (C=O) groups excluding carboxylic acids is 1. The van der Waals surface area contributed by atoms with E-state index in [2.05, 4.69) is 15.8 Å². The molecule has 0 unspecified atom stereocenters. The maximum atomic E-state index is 11.3. The molecule has 21 heavy (non-hydrogen) atoms. The average Bonchev–Trinajstić information content (AvgIpc) is 2.51. The first-order valence-electron chi connectivity index (χ1n) is 6.45. The Bertz CT molecular complexity index is 585. The molecule has 3 N–H and O–H groups in total. The van der Waals surface area contributed by atoms with Gasteiger partial charge in [0.2, 0.25) is 5.91 Å². The summed E-state index contributed by atoms with van der Waals surface area (Å²) in [6, 6.07) is 15.1. The molecule has 0 saturated carbocycles. The van der Waals surface area contributed by atoms with Crippen molar-refractivity contribution in [1.82, 2.24) is 0 Å². The van der Waals surface area contributed by atoms with Crippen molar-refractivity contribution in [2.45, 2.75) is 23.1 Å². The predicted octanol–water partition coefficient (Wildman–Crippen LogP) is 4.00. The minimum absolute atomic E-state index is 0.00425. The van der Waals surface area contributed by atoms with Crippen LogP contribution < -0.4 is 10.8 Å². The molecule has 0 fully saturated rings. The molecule has 0 atom stereocenters. The van der Waals surface area contributed by atoms with Gasteiger partial charge in [-0.15, -0.1) is 4.99 Å². The van der Waals surface area contributed by atoms with Gasteiger partial charge in [-0.25, -0.2) is 10.7 Å². The van der Waals surface area contributed by atoms with Gasteiger partial charge in [0.15, 0.2) is 0 Å². The van der Waals surface area contributed by atoms with Gasteiger partial charge in [0, 0.05) is 21.9 Å². The molecule has 0 aliphatic rings. The standard InChI is InChI=1S/C15H16N2O3S/c1-2-15(18)16-11-3-7-13(8-4-11)21-14-9-5-12(6-10-14)17-20-19/h3-10,17,19H,2H2,1H3,(H,16,18). The third-order valence-electron chi connectivity index (χ3n) is 2.71. The van der Waals surface area contributed by atoms with E-state index in [1.54, 1.807) is 23.9 Å². The van der Waals surface area contributed by atoms with Crippen molar-refractivity contribution < 1.29 is 15.0 Å². The highest BCUT2D eigenvalue weighted by Gasteiger charge is 2.01. The van der Waals surface area contributed by atoms with Crippen LogP contribution in [0.5, 0.6) is 0 Å². The average molecular weight is 304 g/mol. The molecular weight excluding hydrogens is 288 g/mol. The summed E-state index contributed by atoms with van der Waals surface area (Å²) in [5.41, 5.74) is 3.80. The van der Waals surface area contributed by atoms with Gasteiger partial charge in [0.05, 0.1) is 5.69 Å². The summed E-state index contributed by atoms with van der Waals surface area (Å²) < 4.78 is 0. The molecule has 0 aliphatic carbocycles. The summed E-state index contributed by atoms with van der Waals surface area (Å²) in [5, 5.41) is 11.1. The first kappa shape index (κ1) is 15.4. The van der Waals surface area contributed by atoms with Crippen molar-refractivity contribution in [2.75, 3.05) is 10.8 Å². The molecule has 2 rings (SSSR count). The van der Waals surface area contributed by atoms with Crippen LogP contribution in [0.2, 0.25) is 0 Å². The summed E-state index contributed by atoms with van der Waals surface area (Å²) in [6.45, 7) is 1.82. The van der Waals surface area contributed by atoms with Crippen molar-refractivity contribution in [3.05, 3.63) is 48.5 Å². The van der Waals surface area contributed by atoms with Gasteiger partial charge in [-0.2, -0.15) is 0 Å². The maximum Gasteiger partial charge on any atom is 0.224 e. The minimum Gasteiger partial charge on any atom is -0.326 e. The molecule has 5 nitrogen and oxygen atoms in total. The van der Waals surface area contributed by atoms with Gasteiger partial charge in [-0.3, -0.25) is 4.79 Å². The summed E-state index contributed by atoms with van der Waals surface area (Å²) in [6.07, 6.45) is 0.467. The molecule has 2 aromatic carbocycles. The van der Waals surface area contributed by atoms with Gasteiger partial charge >= 0.3 is 0 Å². The van der Waals surface area contributed by atoms with E-state index in [-0.39, 0.29) is 5.91 Å². The molecule has 0 heterocycles. The van der Waals surface area contributed by atoms with E-state index in [4.69, 9.17) is 5.26 Å². The number of anilines is 2. The molecule has 0 aliphatic heterocycles. The number of carbonyl (C=O) groups is 1. The fourth-order valence-corrected chi connectivity index (χ4v) is 2.45. The first-order chi connectivity index (χ1) is 10.2. The zero-order valence-corrected chi connectivity index (χ0v) is 12.3. The highest BCUT2D eigenvalue weighted by molar-refractivity contribution is 7.99. The van der Waals surface area contributed by atoms with Crippen molar-refractivity contribution in [2.24, 2.45) is 0 Å². The Kier molecular flexibility index (Phi) is 5.62. The topological polar surface area (TPSA) is 70.6 Å². The van der Waals surface area contributed by atoms with Crippen molar-refractivity contribution in [1.29, 1.82) is 0 Å². The highest BCUT2D eigenvalue weighted by Crippen LogP contribution is 2.29. The Labute approximate surface area is 127 Å². The molecule has 0 radical (unpaired) electrons. The predicted molar refractivity (Wildman–Crippen MR) is 83.3 cm³/mol. The van der Waals surface area contributed by atoms with Crippen LogP contribution in [0.1, 0.15) is 13.3 Å². The fourth-order valence-electron chi connectivity index (χ4n) is 1.64. The lowest BCUT2D eigenvalue weighted by Crippen LogP contribution is -2.08. The number of hydrogen-bond acceptors (Lipinski definition) is 5. The van der Waals surface area contributed by atoms with E-state index >= 15 is 0 Å². The Hall–Kier alpha value is -2.02. The molecule has 0 saturated heterocycles. The summed E-state index contributed by atoms with van der Waals surface area (Å²) in [7, 11) is 0. The van der Waals surface area contributed by atoms with Crippen LogP contribution >= 0.6 is 11.8 Å². The van der Waals surface area contributed by atoms with E-state index in [1.165, 1.54) is 0 Å². The fraction of sp³-hybridized carbons (Fsp3) is 0.133. The van der Waals surface area contributed by atoms with Crippen LogP contribution in [0.4, 0.5) is 11.4 Å². The minimum atomic E-state index is 0.00425. The third kappa shape index (κ3) is 4.78. The molecule has 1 amide bonds. The number of benzene rings is 2. The lowest BCUT2D eigenvalue weighted by atomic mass is 10.3. The van der Waals surface area contributed by atoms with E-state index in [0.29, 0.717) is 12.1 Å². The third-order valence-corrected chi connectivity index (χ3v) is 3.73. The van der Waals surface area contributed by atoms with Crippen LogP contribution in [0, 0.1) is 0 Å². The van der Waals surface area contributed by atoms with E-state index in [9.17, 15) is 4.79 Å². The second kappa shape index (κ2) is 7.68. The number of rotatable bonds is 6. The largest absolute Gasteiger partial charge is 0.326 e. The number of hydrogen-bond donors (Lipinski definition) is 3. The normalized spacial score (nSPS) is 10.2. The van der Waals surface area contributed by atoms with Crippen LogP contribution in [0.25, 0.3) is 0 Å². The van der Waals surface area contributed by atoms with Crippen LogP contribution in [0.15, 0.2) is 58.3 Å². The van der Waals surface area contributed by atoms with Gasteiger partial charge in [0.1, 0.15) is 0 Å². The lowest BCUT2D eigenvalue weighted by molar-refractivity contribution is -0.215. The first-order valence-corrected chi connectivity index (χ1v) is 7.27. The van der Waals surface area contributed by atoms with E-state index < -0.39 is 0 Å². The van der Waals surface area contributed by atoms with Crippen molar-refractivity contribution in [3.8, 4) is 0 Å². The summed E-state index contributed by atoms with van der Waals surface area (Å²) in [5.74, 6) is 0.00425. The monoisotopic (exact) mass is 304 g/mol. The molecule has 0 aromatic heterocycles. The Morgan fingerprint density at radius 3 is 2.05 bits per heavy atom. The second-order valence-electron chi connectivity index (χ2n) is 4.25. The van der Waals surface area contributed by atoms with Crippen LogP contribution in [0.3, 0.4) is 0 Å². The smallest absolute Gasteiger partial charge is 0.224 e. The van der Waals surface area contributed by atoms with Gasteiger partial charge in [-0.05, 0) is 48.5 Å². The molecule has 0 bridgehead atoms. The molecule has 6 heteroatoms. The number of nitrogens with one attached hydrogen (secondary N) is 2.